The first-order chi connectivity index (χ1) is 12.6. The van der Waals surface area contributed by atoms with Gasteiger partial charge in [-0.05, 0) is 30.0 Å². The van der Waals surface area contributed by atoms with Crippen molar-refractivity contribution < 1.29 is 9.18 Å². The Bertz CT molecular complexity index is 847. The third kappa shape index (κ3) is 4.77. The number of hydrogen-bond donors (Lipinski definition) is 2. The lowest BCUT2D eigenvalue weighted by atomic mass is 10.0. The maximum atomic E-state index is 13.6. The van der Waals surface area contributed by atoms with Crippen molar-refractivity contribution in [2.24, 2.45) is 0 Å². The number of nitrogens with one attached hydrogen (secondary N) is 2. The summed E-state index contributed by atoms with van der Waals surface area (Å²) in [6.45, 7) is 2.39. The number of halogens is 1. The highest BCUT2D eigenvalue weighted by molar-refractivity contribution is 7.10. The van der Waals surface area contributed by atoms with Gasteiger partial charge in [0, 0.05) is 17.0 Å². The molecule has 2 aromatic carbocycles. The Labute approximate surface area is 156 Å². The zero-order valence-electron chi connectivity index (χ0n) is 14.5. The summed E-state index contributed by atoms with van der Waals surface area (Å²) in [7, 11) is 0. The molecule has 1 amide bonds. The molecule has 3 rings (SSSR count). The van der Waals surface area contributed by atoms with E-state index in [0.717, 1.165) is 10.4 Å². The fraction of sp³-hybridized carbons (Fsp3) is 0.190. The minimum Gasteiger partial charge on any atom is -0.351 e. The van der Waals surface area contributed by atoms with Crippen LogP contribution in [0.1, 0.15) is 27.6 Å². The number of rotatable bonds is 7. The van der Waals surface area contributed by atoms with Crippen molar-refractivity contribution in [1.29, 1.82) is 0 Å². The molecule has 0 fully saturated rings. The highest BCUT2D eigenvalue weighted by atomic mass is 32.1. The lowest BCUT2D eigenvalue weighted by Gasteiger charge is -2.18. The molecule has 26 heavy (non-hydrogen) atoms. The van der Waals surface area contributed by atoms with E-state index in [1.54, 1.807) is 29.5 Å². The molecule has 0 aliphatic carbocycles. The highest BCUT2D eigenvalue weighted by Gasteiger charge is 2.16. The molecule has 1 atom stereocenters. The summed E-state index contributed by atoms with van der Waals surface area (Å²) in [6, 6.07) is 18.7. The van der Waals surface area contributed by atoms with Crippen molar-refractivity contribution in [3.63, 3.8) is 0 Å². The summed E-state index contributed by atoms with van der Waals surface area (Å²) >= 11 is 1.65. The topological polar surface area (TPSA) is 41.1 Å². The Morgan fingerprint density at radius 2 is 1.85 bits per heavy atom. The lowest BCUT2D eigenvalue weighted by molar-refractivity contribution is -0.120. The molecule has 0 saturated heterocycles. The maximum absolute atomic E-state index is 13.6. The van der Waals surface area contributed by atoms with E-state index in [-0.39, 0.29) is 30.9 Å². The van der Waals surface area contributed by atoms with Crippen LogP contribution in [0.25, 0.3) is 0 Å². The van der Waals surface area contributed by atoms with E-state index in [2.05, 4.69) is 41.0 Å². The third-order valence-electron chi connectivity index (χ3n) is 4.14. The average molecular weight is 368 g/mol. The highest BCUT2D eigenvalue weighted by Crippen LogP contribution is 2.26. The molecule has 0 spiro atoms. The van der Waals surface area contributed by atoms with Crippen molar-refractivity contribution in [1.82, 2.24) is 10.6 Å². The summed E-state index contributed by atoms with van der Waals surface area (Å²) in [5.74, 6) is -0.473. The van der Waals surface area contributed by atoms with Crippen molar-refractivity contribution >= 4 is 17.2 Å². The summed E-state index contributed by atoms with van der Waals surface area (Å²) in [6.07, 6.45) is 0. The Balaban J connectivity index is 1.61. The van der Waals surface area contributed by atoms with Gasteiger partial charge in [-0.1, -0.05) is 54.1 Å². The molecule has 1 aromatic heterocycles. The molecule has 0 radical (unpaired) electrons. The zero-order valence-corrected chi connectivity index (χ0v) is 15.4. The van der Waals surface area contributed by atoms with E-state index >= 15 is 0 Å². The molecule has 1 heterocycles. The minimum absolute atomic E-state index is 0.0465. The normalized spacial score (nSPS) is 11.9. The number of amides is 1. The second-order valence-electron chi connectivity index (χ2n) is 6.11. The van der Waals surface area contributed by atoms with Crippen LogP contribution in [0.5, 0.6) is 0 Å². The zero-order chi connectivity index (χ0) is 18.4. The Morgan fingerprint density at radius 3 is 2.54 bits per heavy atom. The second-order valence-corrected chi connectivity index (χ2v) is 7.09. The number of carbonyl (C=O) groups excluding carboxylic acids is 1. The van der Waals surface area contributed by atoms with Crippen molar-refractivity contribution in [3.8, 4) is 0 Å². The number of carbonyl (C=O) groups is 1. The fourth-order valence-electron chi connectivity index (χ4n) is 2.69. The van der Waals surface area contributed by atoms with Crippen LogP contribution in [-0.4, -0.2) is 12.5 Å². The summed E-state index contributed by atoms with van der Waals surface area (Å²) in [4.78, 5) is 13.3. The molecule has 0 bridgehead atoms. The van der Waals surface area contributed by atoms with Crippen LogP contribution < -0.4 is 10.6 Å². The van der Waals surface area contributed by atoms with E-state index < -0.39 is 0 Å². The predicted octanol–water partition coefficient (Wildman–Crippen LogP) is 4.19. The summed E-state index contributed by atoms with van der Waals surface area (Å²) in [5.41, 5.74) is 2.79. The van der Waals surface area contributed by atoms with Gasteiger partial charge in [0.2, 0.25) is 5.91 Å². The van der Waals surface area contributed by atoms with Gasteiger partial charge in [-0.25, -0.2) is 4.39 Å². The molecule has 5 heteroatoms. The fourth-order valence-corrected chi connectivity index (χ4v) is 3.52. The molecule has 0 aliphatic rings. The first-order valence-electron chi connectivity index (χ1n) is 8.47. The van der Waals surface area contributed by atoms with E-state index in [4.69, 9.17) is 0 Å². The van der Waals surface area contributed by atoms with Crippen molar-refractivity contribution in [2.45, 2.75) is 19.5 Å². The van der Waals surface area contributed by atoms with Gasteiger partial charge in [-0.15, -0.1) is 11.3 Å². The van der Waals surface area contributed by atoms with Crippen LogP contribution in [0, 0.1) is 12.7 Å². The smallest absolute Gasteiger partial charge is 0.234 e. The first kappa shape index (κ1) is 18.3. The molecule has 134 valence electrons. The van der Waals surface area contributed by atoms with E-state index in [0.29, 0.717) is 5.56 Å². The van der Waals surface area contributed by atoms with Crippen LogP contribution >= 0.6 is 11.3 Å². The van der Waals surface area contributed by atoms with Crippen molar-refractivity contribution in [2.75, 3.05) is 6.54 Å². The molecule has 3 nitrogen and oxygen atoms in total. The molecular weight excluding hydrogens is 347 g/mol. The standard InChI is InChI=1S/C21H21FN2OS/c1-15-8-10-16(11-9-15)21(19-7-4-12-26-19)24-14-20(25)23-13-17-5-2-3-6-18(17)22/h2-12,21,24H,13-14H2,1H3,(H,23,25)/t21-/m0/s1. The minimum atomic E-state index is -0.308. The van der Waals surface area contributed by atoms with Gasteiger partial charge in [-0.2, -0.15) is 0 Å². The van der Waals surface area contributed by atoms with E-state index in [1.165, 1.54) is 11.6 Å². The molecular formula is C21H21FN2OS. The summed E-state index contributed by atoms with van der Waals surface area (Å²) < 4.78 is 13.6. The van der Waals surface area contributed by atoms with E-state index in [1.807, 2.05) is 18.4 Å². The van der Waals surface area contributed by atoms with Gasteiger partial charge in [-0.3, -0.25) is 10.1 Å². The monoisotopic (exact) mass is 368 g/mol. The van der Waals surface area contributed by atoms with Crippen LogP contribution in [0.2, 0.25) is 0 Å². The van der Waals surface area contributed by atoms with E-state index in [9.17, 15) is 9.18 Å². The average Bonchev–Trinajstić information content (AvgIpc) is 3.17. The molecule has 2 N–H and O–H groups in total. The summed E-state index contributed by atoms with van der Waals surface area (Å²) in [5, 5.41) is 8.10. The predicted molar refractivity (Wildman–Crippen MR) is 104 cm³/mol. The molecule has 3 aromatic rings. The number of benzene rings is 2. The second kappa shape index (κ2) is 8.74. The number of hydrogen-bond acceptors (Lipinski definition) is 3. The van der Waals surface area contributed by atoms with Crippen molar-refractivity contribution in [3.05, 3.63) is 93.4 Å². The quantitative estimate of drug-likeness (QED) is 0.656. The lowest BCUT2D eigenvalue weighted by Crippen LogP contribution is -2.35. The van der Waals surface area contributed by atoms with Gasteiger partial charge >= 0.3 is 0 Å². The first-order valence-corrected chi connectivity index (χ1v) is 9.35. The van der Waals surface area contributed by atoms with Gasteiger partial charge < -0.3 is 5.32 Å². The molecule has 0 unspecified atom stereocenters. The molecule has 0 aliphatic heterocycles. The third-order valence-corrected chi connectivity index (χ3v) is 5.08. The molecule has 0 saturated carbocycles. The van der Waals surface area contributed by atoms with Gasteiger partial charge in [0.1, 0.15) is 5.82 Å². The Kier molecular flexibility index (Phi) is 6.15. The van der Waals surface area contributed by atoms with Gasteiger partial charge in [0.15, 0.2) is 0 Å². The number of thiophene rings is 1. The van der Waals surface area contributed by atoms with Gasteiger partial charge in [0.25, 0.3) is 0 Å². The van der Waals surface area contributed by atoms with Crippen LogP contribution in [0.15, 0.2) is 66.0 Å². The van der Waals surface area contributed by atoms with Crippen LogP contribution in [-0.2, 0) is 11.3 Å². The van der Waals surface area contributed by atoms with Gasteiger partial charge in [0.05, 0.1) is 12.6 Å². The van der Waals surface area contributed by atoms with Crippen LogP contribution in [0.4, 0.5) is 4.39 Å². The Morgan fingerprint density at radius 1 is 1.08 bits per heavy atom. The largest absolute Gasteiger partial charge is 0.351 e. The van der Waals surface area contributed by atoms with Crippen LogP contribution in [0.3, 0.4) is 0 Å². The number of aryl methyl sites for hydroxylation is 1. The maximum Gasteiger partial charge on any atom is 0.234 e. The SMILES string of the molecule is Cc1ccc([C@H](NCC(=O)NCc2ccccc2F)c2cccs2)cc1. The Hall–Kier alpha value is -2.50.